The van der Waals surface area contributed by atoms with E-state index in [0.717, 1.165) is 0 Å². The minimum atomic E-state index is -0.920. The molecule has 5 heteroatoms. The maximum Gasteiger partial charge on any atom is 0.131 e. The average molecular weight is 299 g/mol. The van der Waals surface area contributed by atoms with Gasteiger partial charge in [0, 0.05) is 5.56 Å². The van der Waals surface area contributed by atoms with Gasteiger partial charge in [0.15, 0.2) is 0 Å². The van der Waals surface area contributed by atoms with E-state index in [2.05, 4.69) is 0 Å². The van der Waals surface area contributed by atoms with E-state index < -0.39 is 17.0 Å². The van der Waals surface area contributed by atoms with Gasteiger partial charge in [0.1, 0.15) is 23.1 Å². The zero-order valence-corrected chi connectivity index (χ0v) is 11.7. The van der Waals surface area contributed by atoms with Gasteiger partial charge >= 0.3 is 0 Å². The lowest BCUT2D eigenvalue weighted by Crippen LogP contribution is -2.03. The van der Waals surface area contributed by atoms with Crippen molar-refractivity contribution in [3.05, 3.63) is 59.2 Å². The lowest BCUT2D eigenvalue weighted by atomic mass is 10.0. The molecule has 1 unspecified atom stereocenters. The van der Waals surface area contributed by atoms with Crippen molar-refractivity contribution >= 4 is 11.6 Å². The molecule has 0 spiro atoms. The minimum Gasteiger partial charge on any atom is -0.496 e. The van der Waals surface area contributed by atoms with Crippen LogP contribution < -0.4 is 9.47 Å². The summed E-state index contributed by atoms with van der Waals surface area (Å²) >= 11 is 6.31. The van der Waals surface area contributed by atoms with Crippen LogP contribution in [0.2, 0.25) is 0 Å². The summed E-state index contributed by atoms with van der Waals surface area (Å²) in [6.07, 6.45) is 0. The van der Waals surface area contributed by atoms with E-state index >= 15 is 0 Å². The molecule has 0 aliphatic heterocycles. The zero-order chi connectivity index (χ0) is 14.7. The molecule has 1 atom stereocenters. The van der Waals surface area contributed by atoms with E-state index in [-0.39, 0.29) is 5.56 Å². The van der Waals surface area contributed by atoms with E-state index in [1.165, 1.54) is 44.6 Å². The first-order valence-electron chi connectivity index (χ1n) is 5.88. The maximum absolute atomic E-state index is 14.0. The maximum atomic E-state index is 14.0. The molecule has 0 aliphatic rings. The van der Waals surface area contributed by atoms with Crippen molar-refractivity contribution in [2.75, 3.05) is 14.2 Å². The van der Waals surface area contributed by atoms with Crippen LogP contribution in [0.1, 0.15) is 16.5 Å². The van der Waals surface area contributed by atoms with Crippen molar-refractivity contribution < 1.29 is 18.3 Å². The molecular weight excluding hydrogens is 286 g/mol. The highest BCUT2D eigenvalue weighted by atomic mass is 35.5. The molecular formula is C15H13ClF2O2. The minimum absolute atomic E-state index is 0.153. The predicted molar refractivity (Wildman–Crippen MR) is 73.6 cm³/mol. The molecule has 0 radical (unpaired) electrons. The molecule has 0 heterocycles. The molecule has 0 saturated carbocycles. The van der Waals surface area contributed by atoms with Crippen LogP contribution in [0.3, 0.4) is 0 Å². The lowest BCUT2D eigenvalue weighted by Gasteiger charge is -2.17. The van der Waals surface area contributed by atoms with Crippen molar-refractivity contribution in [2.45, 2.75) is 5.38 Å². The SMILES string of the molecule is COc1ccc(F)cc1C(Cl)c1c(F)cccc1OC. The molecule has 0 N–H and O–H groups in total. The van der Waals surface area contributed by atoms with Gasteiger partial charge in [0.25, 0.3) is 0 Å². The molecule has 2 aromatic carbocycles. The molecule has 106 valence electrons. The summed E-state index contributed by atoms with van der Waals surface area (Å²) in [7, 11) is 2.86. The van der Waals surface area contributed by atoms with E-state index in [9.17, 15) is 8.78 Å². The Morgan fingerprint density at radius 1 is 1.00 bits per heavy atom. The van der Waals surface area contributed by atoms with Crippen LogP contribution in [-0.2, 0) is 0 Å². The Morgan fingerprint density at radius 3 is 2.35 bits per heavy atom. The Balaban J connectivity index is 2.57. The summed E-state index contributed by atoms with van der Waals surface area (Å²) in [6.45, 7) is 0. The number of hydrogen-bond donors (Lipinski definition) is 0. The van der Waals surface area contributed by atoms with E-state index in [0.29, 0.717) is 17.1 Å². The van der Waals surface area contributed by atoms with Gasteiger partial charge in [-0.1, -0.05) is 6.07 Å². The molecule has 2 aromatic rings. The third-order valence-electron chi connectivity index (χ3n) is 2.95. The van der Waals surface area contributed by atoms with E-state index in [4.69, 9.17) is 21.1 Å². The van der Waals surface area contributed by atoms with Crippen molar-refractivity contribution in [1.29, 1.82) is 0 Å². The summed E-state index contributed by atoms with van der Waals surface area (Å²) in [5.41, 5.74) is 0.498. The van der Waals surface area contributed by atoms with Gasteiger partial charge in [-0.05, 0) is 30.3 Å². The summed E-state index contributed by atoms with van der Waals surface area (Å²) in [5, 5.41) is -0.920. The zero-order valence-electron chi connectivity index (χ0n) is 11.0. The predicted octanol–water partition coefficient (Wildman–Crippen LogP) is 4.31. The molecule has 0 amide bonds. The number of methoxy groups -OCH3 is 2. The van der Waals surface area contributed by atoms with E-state index in [1.54, 1.807) is 6.07 Å². The molecule has 0 aromatic heterocycles. The Bertz CT molecular complexity index is 617. The number of alkyl halides is 1. The first-order chi connectivity index (χ1) is 9.58. The van der Waals surface area contributed by atoms with Crippen LogP contribution in [0, 0.1) is 11.6 Å². The Kier molecular flexibility index (Phi) is 4.45. The summed E-state index contributed by atoms with van der Waals surface area (Å²) in [6, 6.07) is 8.32. The highest BCUT2D eigenvalue weighted by Crippen LogP contribution is 2.40. The Hall–Kier alpha value is -1.81. The van der Waals surface area contributed by atoms with Crippen molar-refractivity contribution in [3.63, 3.8) is 0 Å². The summed E-state index contributed by atoms with van der Waals surface area (Å²) in [5.74, 6) is -0.301. The third-order valence-corrected chi connectivity index (χ3v) is 3.40. The summed E-state index contributed by atoms with van der Waals surface area (Å²) < 4.78 is 37.7. The topological polar surface area (TPSA) is 18.5 Å². The van der Waals surface area contributed by atoms with Crippen molar-refractivity contribution in [3.8, 4) is 11.5 Å². The van der Waals surface area contributed by atoms with Crippen molar-refractivity contribution in [2.24, 2.45) is 0 Å². The molecule has 20 heavy (non-hydrogen) atoms. The first kappa shape index (κ1) is 14.6. The monoisotopic (exact) mass is 298 g/mol. The van der Waals surface area contributed by atoms with Crippen LogP contribution in [0.25, 0.3) is 0 Å². The van der Waals surface area contributed by atoms with Crippen LogP contribution >= 0.6 is 11.6 Å². The third kappa shape index (κ3) is 2.70. The highest BCUT2D eigenvalue weighted by Gasteiger charge is 2.23. The quantitative estimate of drug-likeness (QED) is 0.783. The largest absolute Gasteiger partial charge is 0.496 e. The number of ether oxygens (including phenoxy) is 2. The molecule has 0 fully saturated rings. The van der Waals surface area contributed by atoms with Gasteiger partial charge in [-0.3, -0.25) is 0 Å². The molecule has 0 saturated heterocycles. The van der Waals surface area contributed by atoms with Gasteiger partial charge in [0.2, 0.25) is 0 Å². The van der Waals surface area contributed by atoms with E-state index in [1.807, 2.05) is 0 Å². The fourth-order valence-corrected chi connectivity index (χ4v) is 2.38. The first-order valence-corrected chi connectivity index (χ1v) is 6.32. The molecule has 2 rings (SSSR count). The average Bonchev–Trinajstić information content (AvgIpc) is 2.46. The summed E-state index contributed by atoms with van der Waals surface area (Å²) in [4.78, 5) is 0. The van der Waals surface area contributed by atoms with Crippen LogP contribution in [0.4, 0.5) is 8.78 Å². The molecule has 0 bridgehead atoms. The van der Waals surface area contributed by atoms with Crippen LogP contribution in [0.15, 0.2) is 36.4 Å². The molecule has 0 aliphatic carbocycles. The smallest absolute Gasteiger partial charge is 0.131 e. The van der Waals surface area contributed by atoms with Crippen LogP contribution in [0.5, 0.6) is 11.5 Å². The fourth-order valence-electron chi connectivity index (χ4n) is 2.00. The number of halogens is 3. The fraction of sp³-hybridized carbons (Fsp3) is 0.200. The second-order valence-corrected chi connectivity index (χ2v) is 4.54. The molecule has 2 nitrogen and oxygen atoms in total. The number of benzene rings is 2. The second-order valence-electron chi connectivity index (χ2n) is 4.10. The van der Waals surface area contributed by atoms with Gasteiger partial charge in [-0.15, -0.1) is 11.6 Å². The second kappa shape index (κ2) is 6.09. The van der Waals surface area contributed by atoms with Gasteiger partial charge in [-0.2, -0.15) is 0 Å². The van der Waals surface area contributed by atoms with Crippen LogP contribution in [-0.4, -0.2) is 14.2 Å². The van der Waals surface area contributed by atoms with Crippen molar-refractivity contribution in [1.82, 2.24) is 0 Å². The number of hydrogen-bond acceptors (Lipinski definition) is 2. The lowest BCUT2D eigenvalue weighted by molar-refractivity contribution is 0.400. The number of rotatable bonds is 4. The normalized spacial score (nSPS) is 12.1. The highest BCUT2D eigenvalue weighted by molar-refractivity contribution is 6.23. The Labute approximate surface area is 120 Å². The van der Waals surface area contributed by atoms with Gasteiger partial charge in [-0.25, -0.2) is 8.78 Å². The standard InChI is InChI=1S/C15H13ClF2O2/c1-19-12-7-6-9(17)8-10(12)15(16)14-11(18)4-3-5-13(14)20-2/h3-8,15H,1-2H3. The van der Waals surface area contributed by atoms with Gasteiger partial charge < -0.3 is 9.47 Å². The van der Waals surface area contributed by atoms with Gasteiger partial charge in [0.05, 0.1) is 25.2 Å². The Morgan fingerprint density at radius 2 is 1.70 bits per heavy atom.